The lowest BCUT2D eigenvalue weighted by Crippen LogP contribution is -2.38. The van der Waals surface area contributed by atoms with Crippen molar-refractivity contribution in [2.75, 3.05) is 13.2 Å². The minimum Gasteiger partial charge on any atom is -0.492 e. The van der Waals surface area contributed by atoms with E-state index in [9.17, 15) is 4.79 Å². The SMILES string of the molecule is Cc1cc(O[C@H](C)C(=O)NCCOc2ccc(C)c(Cl)c2)ccc1Cl. The molecule has 1 atom stereocenters. The summed E-state index contributed by atoms with van der Waals surface area (Å²) < 4.78 is 11.2. The number of benzene rings is 2. The molecule has 0 saturated carbocycles. The first-order valence-electron chi connectivity index (χ1n) is 7.96. The Labute approximate surface area is 158 Å². The normalized spacial score (nSPS) is 11.7. The van der Waals surface area contributed by atoms with Crippen LogP contribution in [0.5, 0.6) is 11.5 Å². The van der Waals surface area contributed by atoms with Gasteiger partial charge in [0.2, 0.25) is 0 Å². The van der Waals surface area contributed by atoms with Crippen molar-refractivity contribution in [3.05, 3.63) is 57.6 Å². The number of carbonyl (C=O) groups is 1. The number of amides is 1. The third-order valence-corrected chi connectivity index (χ3v) is 4.46. The number of carbonyl (C=O) groups excluding carboxylic acids is 1. The van der Waals surface area contributed by atoms with E-state index in [4.69, 9.17) is 32.7 Å². The average molecular weight is 382 g/mol. The summed E-state index contributed by atoms with van der Waals surface area (Å²) in [5, 5.41) is 4.10. The van der Waals surface area contributed by atoms with Crippen LogP contribution in [0.25, 0.3) is 0 Å². The van der Waals surface area contributed by atoms with E-state index < -0.39 is 6.10 Å². The maximum atomic E-state index is 12.1. The molecule has 0 spiro atoms. The van der Waals surface area contributed by atoms with Crippen molar-refractivity contribution >= 4 is 29.1 Å². The third-order valence-electron chi connectivity index (χ3n) is 3.62. The molecule has 0 aromatic heterocycles. The second-order valence-electron chi connectivity index (χ2n) is 5.72. The van der Waals surface area contributed by atoms with Crippen LogP contribution in [0.15, 0.2) is 36.4 Å². The molecule has 2 aromatic rings. The van der Waals surface area contributed by atoms with Gasteiger partial charge < -0.3 is 14.8 Å². The van der Waals surface area contributed by atoms with Gasteiger partial charge in [0, 0.05) is 10.0 Å². The quantitative estimate of drug-likeness (QED) is 0.714. The largest absolute Gasteiger partial charge is 0.492 e. The minimum absolute atomic E-state index is 0.210. The van der Waals surface area contributed by atoms with Crippen LogP contribution in [0, 0.1) is 13.8 Å². The van der Waals surface area contributed by atoms with E-state index in [0.29, 0.717) is 34.7 Å². The molecule has 134 valence electrons. The molecule has 0 bridgehead atoms. The highest BCUT2D eigenvalue weighted by molar-refractivity contribution is 6.31. The van der Waals surface area contributed by atoms with Gasteiger partial charge in [-0.2, -0.15) is 0 Å². The Hall–Kier alpha value is -1.91. The predicted molar refractivity (Wildman–Crippen MR) is 101 cm³/mol. The number of halogens is 2. The molecular formula is C19H21Cl2NO3. The summed E-state index contributed by atoms with van der Waals surface area (Å²) in [6.07, 6.45) is -0.616. The van der Waals surface area contributed by atoms with Gasteiger partial charge in [-0.15, -0.1) is 0 Å². The van der Waals surface area contributed by atoms with E-state index in [2.05, 4.69) is 5.32 Å². The number of hydrogen-bond acceptors (Lipinski definition) is 3. The van der Waals surface area contributed by atoms with E-state index >= 15 is 0 Å². The van der Waals surface area contributed by atoms with Gasteiger partial charge >= 0.3 is 0 Å². The molecule has 2 aromatic carbocycles. The van der Waals surface area contributed by atoms with Crippen LogP contribution in [0.2, 0.25) is 10.0 Å². The maximum Gasteiger partial charge on any atom is 0.260 e. The Balaban J connectivity index is 1.75. The molecule has 1 N–H and O–H groups in total. The fourth-order valence-corrected chi connectivity index (χ4v) is 2.39. The number of aryl methyl sites for hydroxylation is 2. The molecule has 25 heavy (non-hydrogen) atoms. The lowest BCUT2D eigenvalue weighted by molar-refractivity contribution is -0.127. The van der Waals surface area contributed by atoms with E-state index in [1.165, 1.54) is 0 Å². The summed E-state index contributed by atoms with van der Waals surface area (Å²) >= 11 is 12.0. The molecule has 0 aliphatic carbocycles. The van der Waals surface area contributed by atoms with Crippen LogP contribution in [-0.4, -0.2) is 25.2 Å². The van der Waals surface area contributed by atoms with Crippen molar-refractivity contribution in [3.8, 4) is 11.5 Å². The number of rotatable bonds is 7. The summed E-state index contributed by atoms with van der Waals surface area (Å²) in [4.78, 5) is 12.1. The number of hydrogen-bond donors (Lipinski definition) is 1. The molecule has 0 unspecified atom stereocenters. The standard InChI is InChI=1S/C19H21Cl2NO3/c1-12-4-5-15(11-18(12)21)24-9-8-22-19(23)14(3)25-16-6-7-17(20)13(2)10-16/h4-7,10-11,14H,8-9H2,1-3H3,(H,22,23)/t14-/m1/s1. The van der Waals surface area contributed by atoms with Gasteiger partial charge in [0.05, 0.1) is 6.54 Å². The molecule has 0 radical (unpaired) electrons. The highest BCUT2D eigenvalue weighted by atomic mass is 35.5. The Kier molecular flexibility index (Phi) is 6.97. The van der Waals surface area contributed by atoms with Crippen LogP contribution >= 0.6 is 23.2 Å². The second kappa shape index (κ2) is 8.97. The van der Waals surface area contributed by atoms with Crippen molar-refractivity contribution in [1.82, 2.24) is 5.32 Å². The van der Waals surface area contributed by atoms with Crippen LogP contribution in [-0.2, 0) is 4.79 Å². The van der Waals surface area contributed by atoms with Crippen molar-refractivity contribution in [1.29, 1.82) is 0 Å². The van der Waals surface area contributed by atoms with Crippen molar-refractivity contribution in [3.63, 3.8) is 0 Å². The lowest BCUT2D eigenvalue weighted by atomic mass is 10.2. The number of nitrogens with one attached hydrogen (secondary N) is 1. The van der Waals surface area contributed by atoms with Crippen LogP contribution in [0.3, 0.4) is 0 Å². The highest BCUT2D eigenvalue weighted by Gasteiger charge is 2.14. The van der Waals surface area contributed by atoms with Gasteiger partial charge in [-0.25, -0.2) is 0 Å². The smallest absolute Gasteiger partial charge is 0.260 e. The van der Waals surface area contributed by atoms with Gasteiger partial charge in [0.25, 0.3) is 5.91 Å². The zero-order valence-electron chi connectivity index (χ0n) is 14.4. The van der Waals surface area contributed by atoms with E-state index in [1.54, 1.807) is 31.2 Å². The first-order valence-corrected chi connectivity index (χ1v) is 8.72. The Bertz CT molecular complexity index is 749. The first kappa shape index (κ1) is 19.4. The van der Waals surface area contributed by atoms with Gasteiger partial charge in [-0.05, 0) is 62.2 Å². The molecule has 0 aliphatic rings. The van der Waals surface area contributed by atoms with Gasteiger partial charge in [-0.3, -0.25) is 4.79 Å². The van der Waals surface area contributed by atoms with Crippen molar-refractivity contribution in [2.24, 2.45) is 0 Å². The van der Waals surface area contributed by atoms with Crippen LogP contribution in [0.1, 0.15) is 18.1 Å². The van der Waals surface area contributed by atoms with Gasteiger partial charge in [0.1, 0.15) is 18.1 Å². The minimum atomic E-state index is -0.616. The van der Waals surface area contributed by atoms with E-state index in [-0.39, 0.29) is 5.91 Å². The predicted octanol–water partition coefficient (Wildman–Crippen LogP) is 4.57. The summed E-state index contributed by atoms with van der Waals surface area (Å²) in [5.74, 6) is 1.07. The third kappa shape index (κ3) is 5.83. The molecule has 0 fully saturated rings. The van der Waals surface area contributed by atoms with Crippen LogP contribution in [0.4, 0.5) is 0 Å². The zero-order chi connectivity index (χ0) is 18.4. The van der Waals surface area contributed by atoms with Gasteiger partial charge in [0.15, 0.2) is 6.10 Å². The van der Waals surface area contributed by atoms with Gasteiger partial charge in [-0.1, -0.05) is 29.3 Å². The summed E-state index contributed by atoms with van der Waals surface area (Å²) in [6, 6.07) is 10.8. The maximum absolute atomic E-state index is 12.1. The molecule has 0 heterocycles. The molecule has 0 aliphatic heterocycles. The van der Waals surface area contributed by atoms with E-state index in [1.807, 2.05) is 26.0 Å². The Morgan fingerprint density at radius 1 is 1.04 bits per heavy atom. The topological polar surface area (TPSA) is 47.6 Å². The van der Waals surface area contributed by atoms with Crippen molar-refractivity contribution < 1.29 is 14.3 Å². The number of ether oxygens (including phenoxy) is 2. The van der Waals surface area contributed by atoms with E-state index in [0.717, 1.165) is 11.1 Å². The van der Waals surface area contributed by atoms with Crippen molar-refractivity contribution in [2.45, 2.75) is 26.9 Å². The summed E-state index contributed by atoms with van der Waals surface area (Å²) in [5.41, 5.74) is 1.89. The highest BCUT2D eigenvalue weighted by Crippen LogP contribution is 2.22. The average Bonchev–Trinajstić information content (AvgIpc) is 2.58. The van der Waals surface area contributed by atoms with Crippen LogP contribution < -0.4 is 14.8 Å². The monoisotopic (exact) mass is 381 g/mol. The lowest BCUT2D eigenvalue weighted by Gasteiger charge is -2.15. The zero-order valence-corrected chi connectivity index (χ0v) is 15.9. The fraction of sp³-hybridized carbons (Fsp3) is 0.316. The molecule has 1 amide bonds. The molecular weight excluding hydrogens is 361 g/mol. The summed E-state index contributed by atoms with van der Waals surface area (Å²) in [6.45, 7) is 6.22. The molecule has 0 saturated heterocycles. The summed E-state index contributed by atoms with van der Waals surface area (Å²) in [7, 11) is 0. The fourth-order valence-electron chi connectivity index (χ4n) is 2.10. The Morgan fingerprint density at radius 2 is 1.76 bits per heavy atom. The molecule has 2 rings (SSSR count). The second-order valence-corrected chi connectivity index (χ2v) is 6.54. The first-order chi connectivity index (χ1) is 11.9. The Morgan fingerprint density at radius 3 is 2.44 bits per heavy atom. The molecule has 4 nitrogen and oxygen atoms in total. The molecule has 6 heteroatoms.